The molecule has 6 heteroatoms. The summed E-state index contributed by atoms with van der Waals surface area (Å²) in [6.07, 6.45) is 0. The van der Waals surface area contributed by atoms with Crippen LogP contribution in [-0.4, -0.2) is 19.1 Å². The van der Waals surface area contributed by atoms with Crippen molar-refractivity contribution in [2.24, 2.45) is 5.73 Å². The fourth-order valence-corrected chi connectivity index (χ4v) is 2.88. The van der Waals surface area contributed by atoms with E-state index in [-0.39, 0.29) is 11.9 Å². The van der Waals surface area contributed by atoms with Gasteiger partial charge >= 0.3 is 0 Å². The van der Waals surface area contributed by atoms with Crippen LogP contribution in [0, 0.1) is 0 Å². The number of β-lactam (4-membered cyclic amide) rings is 1. The van der Waals surface area contributed by atoms with Crippen LogP contribution < -0.4 is 15.4 Å². The van der Waals surface area contributed by atoms with Gasteiger partial charge in [-0.2, -0.15) is 0 Å². The Hall–Kier alpha value is -1.75. The summed E-state index contributed by atoms with van der Waals surface area (Å²) in [4.78, 5) is 13.8. The minimum atomic E-state index is -0.567. The zero-order valence-corrected chi connectivity index (χ0v) is 13.3. The lowest BCUT2D eigenvalue weighted by molar-refractivity contribution is -0.126. The quantitative estimate of drug-likeness (QED) is 0.873. The van der Waals surface area contributed by atoms with Gasteiger partial charge in [-0.25, -0.2) is 0 Å². The van der Waals surface area contributed by atoms with Crippen molar-refractivity contribution in [1.29, 1.82) is 0 Å². The van der Waals surface area contributed by atoms with Crippen LogP contribution in [-0.2, 0) is 4.79 Å². The van der Waals surface area contributed by atoms with Crippen LogP contribution in [0.5, 0.6) is 5.75 Å². The van der Waals surface area contributed by atoms with Crippen molar-refractivity contribution < 1.29 is 9.53 Å². The second-order valence-electron chi connectivity index (χ2n) is 5.05. The first-order valence-corrected chi connectivity index (χ1v) is 7.46. The Bertz CT molecular complexity index is 719. The standard InChI is InChI=1S/C16H14Cl2N2O2/c1-22-11-5-2-9(3-6-11)15-14(19)16(21)20(15)10-4-7-12(17)13(18)8-10/h2-8,14-15H,19H2,1H3/t14-,15-/m0/s1. The van der Waals surface area contributed by atoms with Crippen LogP contribution in [0.3, 0.4) is 0 Å². The zero-order chi connectivity index (χ0) is 15.9. The van der Waals surface area contributed by atoms with E-state index in [4.69, 9.17) is 33.7 Å². The number of amides is 1. The van der Waals surface area contributed by atoms with Gasteiger partial charge in [-0.1, -0.05) is 35.3 Å². The Morgan fingerprint density at radius 2 is 1.77 bits per heavy atom. The smallest absolute Gasteiger partial charge is 0.247 e. The number of halogens is 2. The summed E-state index contributed by atoms with van der Waals surface area (Å²) in [7, 11) is 1.61. The first kappa shape index (κ1) is 15.2. The molecule has 1 saturated heterocycles. The first-order valence-electron chi connectivity index (χ1n) is 6.70. The molecule has 2 atom stereocenters. The number of ether oxygens (including phenoxy) is 1. The lowest BCUT2D eigenvalue weighted by Gasteiger charge is -2.45. The molecule has 0 unspecified atom stereocenters. The van der Waals surface area contributed by atoms with Gasteiger partial charge < -0.3 is 15.4 Å². The number of benzene rings is 2. The van der Waals surface area contributed by atoms with E-state index < -0.39 is 6.04 Å². The number of hydrogen-bond donors (Lipinski definition) is 1. The molecule has 0 aliphatic carbocycles. The van der Waals surface area contributed by atoms with Gasteiger partial charge in [0.1, 0.15) is 11.8 Å². The third kappa shape index (κ3) is 2.43. The topological polar surface area (TPSA) is 55.6 Å². The maximum absolute atomic E-state index is 12.2. The highest BCUT2D eigenvalue weighted by molar-refractivity contribution is 6.42. The number of methoxy groups -OCH3 is 1. The minimum Gasteiger partial charge on any atom is -0.497 e. The molecule has 1 aliphatic heterocycles. The summed E-state index contributed by atoms with van der Waals surface area (Å²) < 4.78 is 5.15. The molecular formula is C16H14Cl2N2O2. The van der Waals surface area contributed by atoms with E-state index in [9.17, 15) is 4.79 Å². The Kier molecular flexibility index (Phi) is 4.00. The summed E-state index contributed by atoms with van der Waals surface area (Å²) in [5, 5.41) is 0.851. The van der Waals surface area contributed by atoms with E-state index >= 15 is 0 Å². The summed E-state index contributed by atoms with van der Waals surface area (Å²) in [5.41, 5.74) is 7.61. The third-order valence-electron chi connectivity index (χ3n) is 3.78. The normalized spacial score (nSPS) is 20.7. The lowest BCUT2D eigenvalue weighted by Crippen LogP contribution is -2.63. The van der Waals surface area contributed by atoms with Gasteiger partial charge in [-0.3, -0.25) is 4.79 Å². The Morgan fingerprint density at radius 3 is 2.36 bits per heavy atom. The number of carbonyl (C=O) groups excluding carboxylic acids is 1. The van der Waals surface area contributed by atoms with Crippen LogP contribution in [0.1, 0.15) is 11.6 Å². The van der Waals surface area contributed by atoms with Crippen molar-refractivity contribution in [1.82, 2.24) is 0 Å². The van der Waals surface area contributed by atoms with Gasteiger partial charge in [0.2, 0.25) is 5.91 Å². The molecule has 0 saturated carbocycles. The number of carbonyl (C=O) groups is 1. The zero-order valence-electron chi connectivity index (χ0n) is 11.8. The Labute approximate surface area is 138 Å². The molecule has 2 aromatic rings. The van der Waals surface area contributed by atoms with Crippen LogP contribution in [0.25, 0.3) is 0 Å². The molecule has 1 amide bonds. The molecule has 4 nitrogen and oxygen atoms in total. The molecule has 0 bridgehead atoms. The number of anilines is 1. The predicted octanol–water partition coefficient (Wildman–Crippen LogP) is 3.42. The molecule has 3 rings (SSSR count). The summed E-state index contributed by atoms with van der Waals surface area (Å²) in [5.74, 6) is 0.614. The molecule has 1 heterocycles. The van der Waals surface area contributed by atoms with Crippen molar-refractivity contribution in [3.63, 3.8) is 0 Å². The van der Waals surface area contributed by atoms with E-state index in [1.807, 2.05) is 24.3 Å². The SMILES string of the molecule is COc1ccc([C@H]2[C@H](N)C(=O)N2c2ccc(Cl)c(Cl)c2)cc1. The molecule has 1 fully saturated rings. The van der Waals surface area contributed by atoms with Crippen LogP contribution in [0.4, 0.5) is 5.69 Å². The molecule has 0 aromatic heterocycles. The molecule has 0 spiro atoms. The van der Waals surface area contributed by atoms with Crippen molar-refractivity contribution >= 4 is 34.8 Å². The second-order valence-corrected chi connectivity index (χ2v) is 5.86. The summed E-state index contributed by atoms with van der Waals surface area (Å²) in [6, 6.07) is 11.8. The van der Waals surface area contributed by atoms with E-state index in [0.717, 1.165) is 11.3 Å². The number of nitrogens with two attached hydrogens (primary N) is 1. The summed E-state index contributed by atoms with van der Waals surface area (Å²) >= 11 is 12.0. The maximum Gasteiger partial charge on any atom is 0.247 e. The van der Waals surface area contributed by atoms with Gasteiger partial charge in [0.05, 0.1) is 23.2 Å². The van der Waals surface area contributed by atoms with Gasteiger partial charge in [-0.05, 0) is 35.9 Å². The molecule has 1 aliphatic rings. The first-order chi connectivity index (χ1) is 10.5. The average molecular weight is 337 g/mol. The van der Waals surface area contributed by atoms with E-state index in [1.165, 1.54) is 0 Å². The molecular weight excluding hydrogens is 323 g/mol. The van der Waals surface area contributed by atoms with Crippen molar-refractivity contribution in [2.45, 2.75) is 12.1 Å². The van der Waals surface area contributed by atoms with Gasteiger partial charge in [0.25, 0.3) is 0 Å². The Balaban J connectivity index is 1.95. The molecule has 2 aromatic carbocycles. The van der Waals surface area contributed by atoms with E-state index in [1.54, 1.807) is 30.2 Å². The van der Waals surface area contributed by atoms with Crippen LogP contribution in [0.2, 0.25) is 10.0 Å². The minimum absolute atomic E-state index is 0.140. The van der Waals surface area contributed by atoms with E-state index in [0.29, 0.717) is 15.7 Å². The summed E-state index contributed by atoms with van der Waals surface area (Å²) in [6.45, 7) is 0. The fourth-order valence-electron chi connectivity index (χ4n) is 2.59. The average Bonchev–Trinajstić information content (AvgIpc) is 2.54. The van der Waals surface area contributed by atoms with Crippen molar-refractivity contribution in [3.05, 3.63) is 58.1 Å². The number of hydrogen-bond acceptors (Lipinski definition) is 3. The molecule has 114 valence electrons. The molecule has 0 radical (unpaired) electrons. The van der Waals surface area contributed by atoms with Gasteiger partial charge in [0.15, 0.2) is 0 Å². The Morgan fingerprint density at radius 1 is 1.09 bits per heavy atom. The lowest BCUT2D eigenvalue weighted by atomic mass is 9.88. The highest BCUT2D eigenvalue weighted by atomic mass is 35.5. The predicted molar refractivity (Wildman–Crippen MR) is 87.7 cm³/mol. The maximum atomic E-state index is 12.2. The third-order valence-corrected chi connectivity index (χ3v) is 4.52. The number of nitrogens with zero attached hydrogens (tertiary/aromatic N) is 1. The van der Waals surface area contributed by atoms with Crippen LogP contribution in [0.15, 0.2) is 42.5 Å². The second kappa shape index (κ2) is 5.80. The highest BCUT2D eigenvalue weighted by Gasteiger charge is 2.46. The molecule has 2 N–H and O–H groups in total. The highest BCUT2D eigenvalue weighted by Crippen LogP contribution is 2.40. The van der Waals surface area contributed by atoms with Gasteiger partial charge in [-0.15, -0.1) is 0 Å². The number of rotatable bonds is 3. The fraction of sp³-hybridized carbons (Fsp3) is 0.188. The van der Waals surface area contributed by atoms with Crippen molar-refractivity contribution in [3.8, 4) is 5.75 Å². The molecule has 22 heavy (non-hydrogen) atoms. The van der Waals surface area contributed by atoms with Crippen molar-refractivity contribution in [2.75, 3.05) is 12.0 Å². The monoisotopic (exact) mass is 336 g/mol. The van der Waals surface area contributed by atoms with E-state index in [2.05, 4.69) is 0 Å². The largest absolute Gasteiger partial charge is 0.497 e. The van der Waals surface area contributed by atoms with Gasteiger partial charge in [0, 0.05) is 5.69 Å². The van der Waals surface area contributed by atoms with Crippen LogP contribution >= 0.6 is 23.2 Å².